The summed E-state index contributed by atoms with van der Waals surface area (Å²) in [6.07, 6.45) is 3.45. The minimum Gasteiger partial charge on any atom is -0.480 e. The normalized spacial score (nSPS) is 19.8. The molecule has 11 heteroatoms. The van der Waals surface area contributed by atoms with E-state index in [1.807, 2.05) is 0 Å². The number of nitrogens with zero attached hydrogens (tertiary/aromatic N) is 1. The van der Waals surface area contributed by atoms with Gasteiger partial charge in [-0.15, -0.1) is 0 Å². The van der Waals surface area contributed by atoms with Gasteiger partial charge in [0.1, 0.15) is 6.04 Å². The molecule has 2 aromatic rings. The molecule has 2 amide bonds. The van der Waals surface area contributed by atoms with Crippen LogP contribution < -0.4 is 21.3 Å². The molecule has 5 N–H and O–H groups in total. The topological polar surface area (TPSA) is 132 Å². The van der Waals surface area contributed by atoms with E-state index in [0.29, 0.717) is 17.3 Å². The van der Waals surface area contributed by atoms with E-state index in [4.69, 9.17) is 23.2 Å². The molecule has 1 aliphatic carbocycles. The molecule has 0 spiro atoms. The third-order valence-electron chi connectivity index (χ3n) is 6.57. The van der Waals surface area contributed by atoms with Crippen LogP contribution in [0.5, 0.6) is 0 Å². The Morgan fingerprint density at radius 2 is 1.70 bits per heavy atom. The second-order valence-corrected chi connectivity index (χ2v) is 10.0. The molecule has 1 aliphatic heterocycles. The number of amides is 2. The van der Waals surface area contributed by atoms with E-state index in [-0.39, 0.29) is 33.9 Å². The fourth-order valence-corrected chi connectivity index (χ4v) is 5.11. The Hall–Kier alpha value is -3.30. The van der Waals surface area contributed by atoms with Gasteiger partial charge in [0, 0.05) is 30.6 Å². The maximum atomic E-state index is 12.8. The number of anilines is 1. The first-order valence-electron chi connectivity index (χ1n) is 12.2. The monoisotopic (exact) mass is 545 g/mol. The minimum atomic E-state index is -1.19. The quantitative estimate of drug-likeness (QED) is 0.345. The number of carboxylic acids is 1. The Morgan fingerprint density at radius 1 is 1.03 bits per heavy atom. The lowest BCUT2D eigenvalue weighted by molar-refractivity contribution is -0.139. The summed E-state index contributed by atoms with van der Waals surface area (Å²) >= 11 is 12.1. The highest BCUT2D eigenvalue weighted by atomic mass is 35.5. The predicted molar refractivity (Wildman–Crippen MR) is 143 cm³/mol. The van der Waals surface area contributed by atoms with Crippen LogP contribution in [0.25, 0.3) is 0 Å². The van der Waals surface area contributed by atoms with Crippen LogP contribution in [0.2, 0.25) is 10.0 Å². The van der Waals surface area contributed by atoms with Crippen LogP contribution in [-0.2, 0) is 16.0 Å². The van der Waals surface area contributed by atoms with Gasteiger partial charge >= 0.3 is 5.97 Å². The first-order chi connectivity index (χ1) is 17.8. The zero-order valence-corrected chi connectivity index (χ0v) is 21.6. The lowest BCUT2D eigenvalue weighted by Crippen LogP contribution is -2.43. The Morgan fingerprint density at radius 3 is 2.30 bits per heavy atom. The molecular formula is C26H29Cl2N5O4. The minimum absolute atomic E-state index is 0.0187. The van der Waals surface area contributed by atoms with Crippen molar-refractivity contribution >= 4 is 52.6 Å². The van der Waals surface area contributed by atoms with Gasteiger partial charge in [-0.1, -0.05) is 41.4 Å². The van der Waals surface area contributed by atoms with Crippen molar-refractivity contribution in [2.24, 2.45) is 10.9 Å². The van der Waals surface area contributed by atoms with Gasteiger partial charge in [-0.2, -0.15) is 0 Å². The number of guanidine groups is 1. The molecule has 1 atom stereocenters. The molecule has 1 saturated carbocycles. The second kappa shape index (κ2) is 12.3. The van der Waals surface area contributed by atoms with Crippen molar-refractivity contribution in [1.29, 1.82) is 0 Å². The molecule has 0 aromatic heterocycles. The maximum absolute atomic E-state index is 12.8. The summed E-state index contributed by atoms with van der Waals surface area (Å²) in [5.41, 5.74) is 1.35. The van der Waals surface area contributed by atoms with Gasteiger partial charge in [0.2, 0.25) is 5.91 Å². The van der Waals surface area contributed by atoms with Crippen molar-refractivity contribution < 1.29 is 19.5 Å². The molecule has 1 fully saturated rings. The zero-order chi connectivity index (χ0) is 26.4. The van der Waals surface area contributed by atoms with Crippen molar-refractivity contribution in [1.82, 2.24) is 16.0 Å². The molecule has 0 unspecified atom stereocenters. The van der Waals surface area contributed by atoms with Crippen LogP contribution in [0.4, 0.5) is 5.69 Å². The summed E-state index contributed by atoms with van der Waals surface area (Å²) < 4.78 is 0. The zero-order valence-electron chi connectivity index (χ0n) is 20.1. The van der Waals surface area contributed by atoms with Gasteiger partial charge in [-0.3, -0.25) is 14.6 Å². The van der Waals surface area contributed by atoms with Gasteiger partial charge in [-0.05, 0) is 55.5 Å². The highest BCUT2D eigenvalue weighted by Gasteiger charge is 2.27. The number of nitrogens with one attached hydrogen (secondary N) is 4. The summed E-state index contributed by atoms with van der Waals surface area (Å²) in [7, 11) is 0. The third-order valence-corrected chi connectivity index (χ3v) is 7.20. The van der Waals surface area contributed by atoms with Gasteiger partial charge in [0.15, 0.2) is 5.96 Å². The van der Waals surface area contributed by atoms with Crippen LogP contribution in [0.1, 0.15) is 41.6 Å². The number of aliphatic imine (C=N–C) groups is 1. The molecule has 196 valence electrons. The highest BCUT2D eigenvalue weighted by Crippen LogP contribution is 2.26. The number of carbonyl (C=O) groups excluding carboxylic acids is 2. The number of hydrogen-bond donors (Lipinski definition) is 5. The van der Waals surface area contributed by atoms with Crippen LogP contribution >= 0.6 is 23.2 Å². The summed E-state index contributed by atoms with van der Waals surface area (Å²) in [4.78, 5) is 41.5. The first kappa shape index (κ1) is 26.8. The Labute approximate surface area is 225 Å². The van der Waals surface area contributed by atoms with Crippen molar-refractivity contribution in [3.8, 4) is 0 Å². The molecule has 0 radical (unpaired) electrons. The van der Waals surface area contributed by atoms with Crippen LogP contribution in [0.3, 0.4) is 0 Å². The molecule has 0 bridgehead atoms. The van der Waals surface area contributed by atoms with Crippen LogP contribution in [0.15, 0.2) is 47.5 Å². The number of halogens is 2. The number of hydrogen-bond acceptors (Lipinski definition) is 6. The highest BCUT2D eigenvalue weighted by molar-refractivity contribution is 6.39. The SMILES string of the molecule is O=C(N[C@@H](Cc1ccc(NC(=O)[C@H]2CC[C@@H](NC3=NCCN3)CC2)cc1)C(=O)O)c1c(Cl)cccc1Cl. The average molecular weight is 546 g/mol. The van der Waals surface area contributed by atoms with Crippen molar-refractivity contribution in [3.63, 3.8) is 0 Å². The molecule has 2 aliphatic rings. The molecule has 37 heavy (non-hydrogen) atoms. The van der Waals surface area contributed by atoms with E-state index in [9.17, 15) is 19.5 Å². The first-order valence-corrected chi connectivity index (χ1v) is 13.0. The van der Waals surface area contributed by atoms with E-state index in [0.717, 1.165) is 44.7 Å². The molecule has 9 nitrogen and oxygen atoms in total. The maximum Gasteiger partial charge on any atom is 0.326 e. The molecule has 4 rings (SSSR count). The van der Waals surface area contributed by atoms with Crippen molar-refractivity contribution in [2.45, 2.75) is 44.2 Å². The standard InChI is InChI=1S/C26H29Cl2N5O4/c27-19-2-1-3-20(28)22(19)24(35)33-21(25(36)37)14-15-4-8-17(9-5-15)31-23(34)16-6-10-18(11-7-16)32-26-29-12-13-30-26/h1-5,8-9,16,18,21H,6-7,10-14H2,(H,31,34)(H,33,35)(H,36,37)(H2,29,30,32)/t16-,18+,21-/m0/s1. The predicted octanol–water partition coefficient (Wildman–Crippen LogP) is 3.47. The van der Waals surface area contributed by atoms with E-state index in [1.165, 1.54) is 12.1 Å². The number of benzene rings is 2. The number of rotatable bonds is 8. The van der Waals surface area contributed by atoms with E-state index >= 15 is 0 Å². The Balaban J connectivity index is 1.28. The molecule has 1 heterocycles. The summed E-state index contributed by atoms with van der Waals surface area (Å²) in [6, 6.07) is 10.7. The van der Waals surface area contributed by atoms with Crippen LogP contribution in [-0.4, -0.2) is 54.0 Å². The number of carboxylic acid groups (broad SMARTS) is 1. The van der Waals surface area contributed by atoms with Crippen molar-refractivity contribution in [2.75, 3.05) is 18.4 Å². The fourth-order valence-electron chi connectivity index (χ4n) is 4.54. The van der Waals surface area contributed by atoms with Gasteiger partial charge in [0.05, 0.1) is 22.2 Å². The summed E-state index contributed by atoms with van der Waals surface area (Å²) in [5, 5.41) is 22.0. The Bertz CT molecular complexity index is 1160. The Kier molecular flexibility index (Phi) is 8.89. The van der Waals surface area contributed by atoms with Gasteiger partial charge in [-0.25, -0.2) is 4.79 Å². The molecule has 0 saturated heterocycles. The average Bonchev–Trinajstić information content (AvgIpc) is 3.38. The third kappa shape index (κ3) is 7.14. The summed E-state index contributed by atoms with van der Waals surface area (Å²) in [5.74, 6) is -1.07. The van der Waals surface area contributed by atoms with E-state index in [2.05, 4.69) is 26.3 Å². The number of aliphatic carboxylic acids is 1. The number of carbonyl (C=O) groups is 3. The largest absolute Gasteiger partial charge is 0.480 e. The van der Waals surface area contributed by atoms with Gasteiger partial charge in [0.25, 0.3) is 5.91 Å². The van der Waals surface area contributed by atoms with E-state index in [1.54, 1.807) is 30.3 Å². The molecular weight excluding hydrogens is 517 g/mol. The second-order valence-electron chi connectivity index (χ2n) is 9.20. The smallest absolute Gasteiger partial charge is 0.326 e. The fraction of sp³-hybridized carbons (Fsp3) is 0.385. The van der Waals surface area contributed by atoms with Gasteiger partial charge < -0.3 is 26.4 Å². The summed E-state index contributed by atoms with van der Waals surface area (Å²) in [6.45, 7) is 1.66. The molecule has 2 aromatic carbocycles. The lowest BCUT2D eigenvalue weighted by atomic mass is 9.85. The van der Waals surface area contributed by atoms with Crippen LogP contribution in [0, 0.1) is 5.92 Å². The lowest BCUT2D eigenvalue weighted by Gasteiger charge is -2.29. The van der Waals surface area contributed by atoms with Crippen molar-refractivity contribution in [3.05, 3.63) is 63.6 Å². The van der Waals surface area contributed by atoms with E-state index < -0.39 is 17.9 Å².